The smallest absolute Gasteiger partial charge is 0.0454 e. The van der Waals surface area contributed by atoms with Gasteiger partial charge in [0.25, 0.3) is 0 Å². The van der Waals surface area contributed by atoms with Crippen LogP contribution in [0, 0.1) is 0 Å². The molecule has 1 aromatic heterocycles. The van der Waals surface area contributed by atoms with E-state index < -0.39 is 0 Å². The standard InChI is InChI=1S/C14H19N3/c1-2-8-17(9-3-1)16-11-12-4-5-14-13(10-12)6-7-15-14/h4-7,10,15-16H,1-3,8-9,11H2. The zero-order chi connectivity index (χ0) is 11.5. The topological polar surface area (TPSA) is 31.1 Å². The van der Waals surface area contributed by atoms with Crippen LogP contribution >= 0.6 is 0 Å². The number of hydrogen-bond donors (Lipinski definition) is 2. The van der Waals surface area contributed by atoms with E-state index in [-0.39, 0.29) is 0 Å². The molecule has 1 aromatic carbocycles. The number of aromatic nitrogens is 1. The number of rotatable bonds is 3. The average Bonchev–Trinajstić information content (AvgIpc) is 2.85. The Bertz CT molecular complexity index is 483. The summed E-state index contributed by atoms with van der Waals surface area (Å²) in [7, 11) is 0. The van der Waals surface area contributed by atoms with E-state index >= 15 is 0 Å². The molecule has 1 aliphatic heterocycles. The normalized spacial score (nSPS) is 17.6. The number of fused-ring (bicyclic) bond motifs is 1. The highest BCUT2D eigenvalue weighted by molar-refractivity contribution is 5.79. The van der Waals surface area contributed by atoms with Crippen LogP contribution < -0.4 is 5.43 Å². The van der Waals surface area contributed by atoms with Gasteiger partial charge in [-0.15, -0.1) is 0 Å². The molecule has 0 atom stereocenters. The number of piperidine rings is 1. The van der Waals surface area contributed by atoms with Crippen LogP contribution in [0.5, 0.6) is 0 Å². The maximum Gasteiger partial charge on any atom is 0.0454 e. The largest absolute Gasteiger partial charge is 0.361 e. The predicted molar refractivity (Wildman–Crippen MR) is 70.6 cm³/mol. The van der Waals surface area contributed by atoms with Crippen LogP contribution in [0.4, 0.5) is 0 Å². The third-order valence-electron chi connectivity index (χ3n) is 3.48. The van der Waals surface area contributed by atoms with Gasteiger partial charge in [0.05, 0.1) is 0 Å². The molecule has 1 aliphatic rings. The van der Waals surface area contributed by atoms with Crippen molar-refractivity contribution in [3.8, 4) is 0 Å². The first-order valence-corrected chi connectivity index (χ1v) is 6.46. The molecule has 1 saturated heterocycles. The van der Waals surface area contributed by atoms with Gasteiger partial charge in [-0.05, 0) is 42.0 Å². The Morgan fingerprint density at radius 1 is 1.12 bits per heavy atom. The van der Waals surface area contributed by atoms with Gasteiger partial charge in [-0.1, -0.05) is 12.5 Å². The van der Waals surface area contributed by atoms with Gasteiger partial charge in [-0.25, -0.2) is 5.01 Å². The fraction of sp³-hybridized carbons (Fsp3) is 0.429. The van der Waals surface area contributed by atoms with Crippen LogP contribution in [-0.4, -0.2) is 23.1 Å². The maximum atomic E-state index is 3.52. The van der Waals surface area contributed by atoms with Crippen molar-refractivity contribution >= 4 is 10.9 Å². The highest BCUT2D eigenvalue weighted by Gasteiger charge is 2.08. The second-order valence-electron chi connectivity index (χ2n) is 4.78. The van der Waals surface area contributed by atoms with Crippen molar-refractivity contribution in [1.29, 1.82) is 0 Å². The van der Waals surface area contributed by atoms with Gasteiger partial charge in [-0.2, -0.15) is 0 Å². The van der Waals surface area contributed by atoms with E-state index in [0.717, 1.165) is 6.54 Å². The molecule has 0 unspecified atom stereocenters. The first-order chi connectivity index (χ1) is 8.42. The maximum absolute atomic E-state index is 3.52. The lowest BCUT2D eigenvalue weighted by atomic mass is 10.1. The highest BCUT2D eigenvalue weighted by atomic mass is 15.5. The fourth-order valence-electron chi connectivity index (χ4n) is 2.47. The van der Waals surface area contributed by atoms with Crippen LogP contribution in [0.1, 0.15) is 24.8 Å². The van der Waals surface area contributed by atoms with Crippen molar-refractivity contribution in [2.45, 2.75) is 25.8 Å². The first kappa shape index (κ1) is 10.8. The van der Waals surface area contributed by atoms with Crippen LogP contribution in [0.15, 0.2) is 30.5 Å². The zero-order valence-electron chi connectivity index (χ0n) is 10.1. The van der Waals surface area contributed by atoms with E-state index in [2.05, 4.69) is 39.7 Å². The Labute approximate surface area is 102 Å². The molecule has 0 radical (unpaired) electrons. The number of nitrogens with zero attached hydrogens (tertiary/aromatic N) is 1. The van der Waals surface area contributed by atoms with Crippen molar-refractivity contribution in [2.24, 2.45) is 0 Å². The lowest BCUT2D eigenvalue weighted by Crippen LogP contribution is -2.41. The summed E-state index contributed by atoms with van der Waals surface area (Å²) in [4.78, 5) is 3.22. The second-order valence-corrected chi connectivity index (χ2v) is 4.78. The third kappa shape index (κ3) is 2.51. The summed E-state index contributed by atoms with van der Waals surface area (Å²) in [5.41, 5.74) is 6.08. The molecule has 3 heteroatoms. The van der Waals surface area contributed by atoms with Crippen LogP contribution in [0.3, 0.4) is 0 Å². The van der Waals surface area contributed by atoms with E-state index in [1.807, 2.05) is 6.20 Å². The van der Waals surface area contributed by atoms with Crippen molar-refractivity contribution in [3.63, 3.8) is 0 Å². The molecule has 17 heavy (non-hydrogen) atoms. The molecular formula is C14H19N3. The molecule has 1 fully saturated rings. The molecule has 0 amide bonds. The van der Waals surface area contributed by atoms with E-state index in [4.69, 9.17) is 0 Å². The highest BCUT2D eigenvalue weighted by Crippen LogP contribution is 2.14. The molecule has 3 nitrogen and oxygen atoms in total. The van der Waals surface area contributed by atoms with E-state index in [0.29, 0.717) is 0 Å². The van der Waals surface area contributed by atoms with Crippen molar-refractivity contribution in [3.05, 3.63) is 36.0 Å². The molecule has 2 N–H and O–H groups in total. The predicted octanol–water partition coefficient (Wildman–Crippen LogP) is 2.66. The van der Waals surface area contributed by atoms with Gasteiger partial charge >= 0.3 is 0 Å². The summed E-state index contributed by atoms with van der Waals surface area (Å²) in [5.74, 6) is 0. The monoisotopic (exact) mass is 229 g/mol. The van der Waals surface area contributed by atoms with Crippen molar-refractivity contribution in [1.82, 2.24) is 15.4 Å². The molecule has 0 spiro atoms. The minimum Gasteiger partial charge on any atom is -0.361 e. The Hall–Kier alpha value is -1.32. The molecule has 0 aliphatic carbocycles. The lowest BCUT2D eigenvalue weighted by Gasteiger charge is -2.27. The summed E-state index contributed by atoms with van der Waals surface area (Å²) in [6.45, 7) is 3.31. The molecule has 90 valence electrons. The first-order valence-electron chi connectivity index (χ1n) is 6.46. The molecule has 0 saturated carbocycles. The molecule has 3 rings (SSSR count). The minimum absolute atomic E-state index is 0.932. The Morgan fingerprint density at radius 3 is 2.88 bits per heavy atom. The van der Waals surface area contributed by atoms with Crippen LogP contribution in [-0.2, 0) is 6.54 Å². The summed E-state index contributed by atoms with van der Waals surface area (Å²) in [6, 6.07) is 8.72. The number of hydrogen-bond acceptors (Lipinski definition) is 2. The molecule has 2 aromatic rings. The van der Waals surface area contributed by atoms with Crippen LogP contribution in [0.2, 0.25) is 0 Å². The van der Waals surface area contributed by atoms with Crippen LogP contribution in [0.25, 0.3) is 10.9 Å². The van der Waals surface area contributed by atoms with Crippen molar-refractivity contribution < 1.29 is 0 Å². The molecule has 0 bridgehead atoms. The number of hydrazine groups is 1. The van der Waals surface area contributed by atoms with Gasteiger partial charge in [0.2, 0.25) is 0 Å². The Kier molecular flexibility index (Phi) is 3.12. The summed E-state index contributed by atoms with van der Waals surface area (Å²) in [6.07, 6.45) is 6.02. The minimum atomic E-state index is 0.932. The number of benzene rings is 1. The number of aromatic amines is 1. The fourth-order valence-corrected chi connectivity index (χ4v) is 2.47. The summed E-state index contributed by atoms with van der Waals surface area (Å²) in [5, 5.41) is 3.65. The van der Waals surface area contributed by atoms with Gasteiger partial charge in [0.1, 0.15) is 0 Å². The second kappa shape index (κ2) is 4.90. The van der Waals surface area contributed by atoms with E-state index in [9.17, 15) is 0 Å². The Morgan fingerprint density at radius 2 is 2.00 bits per heavy atom. The van der Waals surface area contributed by atoms with E-state index in [1.165, 1.54) is 48.8 Å². The SMILES string of the molecule is c1cc2cc(CNN3CCCCC3)ccc2[nH]1. The number of H-pyrrole nitrogens is 1. The molecule has 2 heterocycles. The average molecular weight is 229 g/mol. The van der Waals surface area contributed by atoms with E-state index in [1.54, 1.807) is 0 Å². The zero-order valence-corrected chi connectivity index (χ0v) is 10.1. The summed E-state index contributed by atoms with van der Waals surface area (Å²) < 4.78 is 0. The van der Waals surface area contributed by atoms with Gasteiger partial charge in [0.15, 0.2) is 0 Å². The van der Waals surface area contributed by atoms with Crippen molar-refractivity contribution in [2.75, 3.05) is 13.1 Å². The lowest BCUT2D eigenvalue weighted by molar-refractivity contribution is 0.151. The quantitative estimate of drug-likeness (QED) is 0.847. The van der Waals surface area contributed by atoms with Gasteiger partial charge < -0.3 is 4.98 Å². The van der Waals surface area contributed by atoms with Gasteiger partial charge in [-0.3, -0.25) is 5.43 Å². The molecular weight excluding hydrogens is 210 g/mol. The van der Waals surface area contributed by atoms with Gasteiger partial charge in [0, 0.05) is 31.3 Å². The Balaban J connectivity index is 1.63. The third-order valence-corrected chi connectivity index (χ3v) is 3.48. The number of nitrogens with one attached hydrogen (secondary N) is 2. The summed E-state index contributed by atoms with van der Waals surface area (Å²) >= 11 is 0.